The summed E-state index contributed by atoms with van der Waals surface area (Å²) < 4.78 is 5.36. The highest BCUT2D eigenvalue weighted by atomic mass is 32.2. The van der Waals surface area contributed by atoms with Crippen molar-refractivity contribution in [1.82, 2.24) is 4.98 Å². The molecule has 0 saturated heterocycles. The van der Waals surface area contributed by atoms with E-state index in [2.05, 4.69) is 29.4 Å². The van der Waals surface area contributed by atoms with Crippen LogP contribution < -0.4 is 10.1 Å². The smallest absolute Gasteiger partial charge is 0.132 e. The molecule has 19 heavy (non-hydrogen) atoms. The summed E-state index contributed by atoms with van der Waals surface area (Å²) in [4.78, 5) is 5.52. The summed E-state index contributed by atoms with van der Waals surface area (Å²) in [7, 11) is 1.70. The number of ether oxygens (including phenoxy) is 1. The highest BCUT2D eigenvalue weighted by molar-refractivity contribution is 7.98. The van der Waals surface area contributed by atoms with Crippen LogP contribution in [0.4, 0.5) is 5.82 Å². The molecule has 1 N–H and O–H groups in total. The summed E-state index contributed by atoms with van der Waals surface area (Å²) in [5.74, 6) is 2.75. The molecular weight excluding hydrogens is 256 g/mol. The highest BCUT2D eigenvalue weighted by Gasteiger charge is 2.06. The number of benzene rings is 1. The first-order chi connectivity index (χ1) is 9.35. The zero-order valence-corrected chi connectivity index (χ0v) is 12.0. The van der Waals surface area contributed by atoms with Crippen LogP contribution in [0.3, 0.4) is 0 Å². The lowest BCUT2D eigenvalue weighted by Gasteiger charge is -2.10. The Balaban J connectivity index is 2.10. The van der Waals surface area contributed by atoms with Crippen LogP contribution in [0.25, 0.3) is 0 Å². The number of pyridine rings is 1. The molecule has 0 amide bonds. The molecule has 0 aliphatic heterocycles. The van der Waals surface area contributed by atoms with Gasteiger partial charge in [-0.05, 0) is 25.1 Å². The molecular formula is C15H18N2OS. The van der Waals surface area contributed by atoms with Crippen LogP contribution in [0.2, 0.25) is 0 Å². The molecule has 4 heteroatoms. The van der Waals surface area contributed by atoms with Gasteiger partial charge in [0.25, 0.3) is 0 Å². The van der Waals surface area contributed by atoms with Gasteiger partial charge in [0.1, 0.15) is 11.6 Å². The van der Waals surface area contributed by atoms with E-state index in [0.717, 1.165) is 28.8 Å². The van der Waals surface area contributed by atoms with Crippen molar-refractivity contribution < 1.29 is 4.74 Å². The number of anilines is 1. The van der Waals surface area contributed by atoms with E-state index in [1.54, 1.807) is 18.9 Å². The standard InChI is InChI=1S/C15H18N2OS/c1-3-16-15-12(7-6-10-17-15)11-19-14-9-5-4-8-13(14)18-2/h4-10H,3,11H2,1-2H3,(H,16,17). The molecule has 1 aromatic heterocycles. The fourth-order valence-corrected chi connectivity index (χ4v) is 2.79. The number of aromatic nitrogens is 1. The Morgan fingerprint density at radius 2 is 2.05 bits per heavy atom. The van der Waals surface area contributed by atoms with Crippen molar-refractivity contribution >= 4 is 17.6 Å². The molecule has 0 radical (unpaired) electrons. The van der Waals surface area contributed by atoms with Gasteiger partial charge in [-0.2, -0.15) is 0 Å². The molecule has 0 unspecified atom stereocenters. The van der Waals surface area contributed by atoms with Crippen molar-refractivity contribution in [2.45, 2.75) is 17.6 Å². The second kappa shape index (κ2) is 7.04. The van der Waals surface area contributed by atoms with Gasteiger partial charge in [-0.3, -0.25) is 0 Å². The molecule has 0 aliphatic carbocycles. The minimum absolute atomic E-state index is 0.872. The predicted molar refractivity (Wildman–Crippen MR) is 81.0 cm³/mol. The van der Waals surface area contributed by atoms with Crippen LogP contribution in [-0.2, 0) is 5.75 Å². The van der Waals surface area contributed by atoms with Crippen LogP contribution in [-0.4, -0.2) is 18.6 Å². The van der Waals surface area contributed by atoms with E-state index in [-0.39, 0.29) is 0 Å². The summed E-state index contributed by atoms with van der Waals surface area (Å²) in [5.41, 5.74) is 1.21. The number of nitrogens with one attached hydrogen (secondary N) is 1. The molecule has 2 rings (SSSR count). The van der Waals surface area contributed by atoms with Gasteiger partial charge in [0.05, 0.1) is 7.11 Å². The Hall–Kier alpha value is -1.68. The Morgan fingerprint density at radius 1 is 1.21 bits per heavy atom. The van der Waals surface area contributed by atoms with E-state index in [1.807, 2.05) is 30.5 Å². The van der Waals surface area contributed by atoms with Crippen molar-refractivity contribution in [2.24, 2.45) is 0 Å². The highest BCUT2D eigenvalue weighted by Crippen LogP contribution is 2.32. The number of hydrogen-bond acceptors (Lipinski definition) is 4. The lowest BCUT2D eigenvalue weighted by atomic mass is 10.3. The number of methoxy groups -OCH3 is 1. The molecule has 0 saturated carbocycles. The molecule has 0 bridgehead atoms. The van der Waals surface area contributed by atoms with E-state index >= 15 is 0 Å². The Kier molecular flexibility index (Phi) is 5.10. The third-order valence-electron chi connectivity index (χ3n) is 2.69. The second-order valence-corrected chi connectivity index (χ2v) is 5.00. The number of rotatable bonds is 6. The summed E-state index contributed by atoms with van der Waals surface area (Å²) in [6.45, 7) is 2.95. The second-order valence-electron chi connectivity index (χ2n) is 3.98. The third kappa shape index (κ3) is 3.64. The van der Waals surface area contributed by atoms with Crippen molar-refractivity contribution in [3.05, 3.63) is 48.2 Å². The Bertz CT molecular complexity index is 531. The quantitative estimate of drug-likeness (QED) is 0.812. The average molecular weight is 274 g/mol. The molecule has 1 aromatic carbocycles. The van der Waals surface area contributed by atoms with Gasteiger partial charge in [-0.1, -0.05) is 18.2 Å². The fourth-order valence-electron chi connectivity index (χ4n) is 1.78. The number of thioether (sulfide) groups is 1. The molecule has 1 heterocycles. The topological polar surface area (TPSA) is 34.2 Å². The van der Waals surface area contributed by atoms with E-state index < -0.39 is 0 Å². The van der Waals surface area contributed by atoms with Crippen molar-refractivity contribution in [3.8, 4) is 5.75 Å². The van der Waals surface area contributed by atoms with Crippen molar-refractivity contribution in [1.29, 1.82) is 0 Å². The largest absolute Gasteiger partial charge is 0.496 e. The third-order valence-corrected chi connectivity index (χ3v) is 3.79. The summed E-state index contributed by atoms with van der Waals surface area (Å²) in [6.07, 6.45) is 1.81. The average Bonchev–Trinajstić information content (AvgIpc) is 2.47. The molecule has 0 aliphatic rings. The summed E-state index contributed by atoms with van der Waals surface area (Å²) >= 11 is 1.76. The van der Waals surface area contributed by atoms with E-state index in [9.17, 15) is 0 Å². The molecule has 0 fully saturated rings. The number of para-hydroxylation sites is 1. The predicted octanol–water partition coefficient (Wildman–Crippen LogP) is 3.81. The monoisotopic (exact) mass is 274 g/mol. The lowest BCUT2D eigenvalue weighted by molar-refractivity contribution is 0.405. The molecule has 3 nitrogen and oxygen atoms in total. The van der Waals surface area contributed by atoms with Crippen molar-refractivity contribution in [2.75, 3.05) is 19.0 Å². The van der Waals surface area contributed by atoms with E-state index in [4.69, 9.17) is 4.74 Å². The zero-order chi connectivity index (χ0) is 13.5. The SMILES string of the molecule is CCNc1ncccc1CSc1ccccc1OC. The van der Waals surface area contributed by atoms with Gasteiger partial charge in [0, 0.05) is 29.0 Å². The normalized spacial score (nSPS) is 10.2. The van der Waals surface area contributed by atoms with Crippen LogP contribution in [0, 0.1) is 0 Å². The van der Waals surface area contributed by atoms with Gasteiger partial charge >= 0.3 is 0 Å². The van der Waals surface area contributed by atoms with Crippen molar-refractivity contribution in [3.63, 3.8) is 0 Å². The fraction of sp³-hybridized carbons (Fsp3) is 0.267. The van der Waals surface area contributed by atoms with Crippen LogP contribution >= 0.6 is 11.8 Å². The number of nitrogens with zero attached hydrogens (tertiary/aromatic N) is 1. The van der Waals surface area contributed by atoms with Gasteiger partial charge < -0.3 is 10.1 Å². The molecule has 0 atom stereocenters. The Morgan fingerprint density at radius 3 is 2.84 bits per heavy atom. The maximum Gasteiger partial charge on any atom is 0.132 e. The van der Waals surface area contributed by atoms with Crippen LogP contribution in [0.1, 0.15) is 12.5 Å². The first kappa shape index (κ1) is 13.7. The summed E-state index contributed by atoms with van der Waals surface area (Å²) in [6, 6.07) is 12.1. The summed E-state index contributed by atoms with van der Waals surface area (Å²) in [5, 5.41) is 3.29. The minimum Gasteiger partial charge on any atom is -0.496 e. The van der Waals surface area contributed by atoms with Crippen LogP contribution in [0.5, 0.6) is 5.75 Å². The maximum atomic E-state index is 5.36. The zero-order valence-electron chi connectivity index (χ0n) is 11.2. The van der Waals surface area contributed by atoms with Gasteiger partial charge in [0.2, 0.25) is 0 Å². The molecule has 100 valence electrons. The maximum absolute atomic E-state index is 5.36. The minimum atomic E-state index is 0.872. The lowest BCUT2D eigenvalue weighted by Crippen LogP contribution is -2.02. The Labute approximate surface area is 118 Å². The van der Waals surface area contributed by atoms with E-state index in [1.165, 1.54) is 5.56 Å². The first-order valence-corrected chi connectivity index (χ1v) is 7.27. The van der Waals surface area contributed by atoms with E-state index in [0.29, 0.717) is 0 Å². The number of hydrogen-bond donors (Lipinski definition) is 1. The van der Waals surface area contributed by atoms with Crippen LogP contribution in [0.15, 0.2) is 47.5 Å². The van der Waals surface area contributed by atoms with Gasteiger partial charge in [-0.15, -0.1) is 11.8 Å². The van der Waals surface area contributed by atoms with Gasteiger partial charge in [0.15, 0.2) is 0 Å². The molecule has 0 spiro atoms. The van der Waals surface area contributed by atoms with Gasteiger partial charge in [-0.25, -0.2) is 4.98 Å². The molecule has 2 aromatic rings. The first-order valence-electron chi connectivity index (χ1n) is 6.28.